The van der Waals surface area contributed by atoms with Gasteiger partial charge in [0.25, 0.3) is 0 Å². The van der Waals surface area contributed by atoms with Gasteiger partial charge in [0.1, 0.15) is 5.75 Å². The van der Waals surface area contributed by atoms with E-state index in [9.17, 15) is 0 Å². The Kier molecular flexibility index (Phi) is 4.02. The van der Waals surface area contributed by atoms with Crippen molar-refractivity contribution in [3.8, 4) is 5.75 Å². The van der Waals surface area contributed by atoms with Crippen molar-refractivity contribution in [2.75, 3.05) is 5.73 Å². The van der Waals surface area contributed by atoms with Gasteiger partial charge in [-0.25, -0.2) is 0 Å². The van der Waals surface area contributed by atoms with E-state index in [1.165, 1.54) is 6.07 Å². The molecule has 2 nitrogen and oxygen atoms in total. The summed E-state index contributed by atoms with van der Waals surface area (Å²) in [7, 11) is 0. The van der Waals surface area contributed by atoms with Gasteiger partial charge in [0.15, 0.2) is 0 Å². The molecule has 46 valence electrons. The normalized spacial score (nSPS) is 8.00. The van der Waals surface area contributed by atoms with Gasteiger partial charge in [-0.15, -0.1) is 0 Å². The zero-order valence-electron chi connectivity index (χ0n) is 7.04. The van der Waals surface area contributed by atoms with E-state index in [1.54, 1.807) is 18.2 Å². The van der Waals surface area contributed by atoms with E-state index in [4.69, 9.17) is 10.8 Å². The average Bonchev–Trinajstić information content (AvgIpc) is 1.64. The summed E-state index contributed by atoms with van der Waals surface area (Å²) in [6, 6.07) is 6.50. The van der Waals surface area contributed by atoms with Crippen LogP contribution >= 0.6 is 0 Å². The third-order valence-electron chi connectivity index (χ3n) is 0.870. The molecule has 3 N–H and O–H groups in total. The maximum Gasteiger partial charge on any atom is 2.00 e. The Hall–Kier alpha value is 0.0797. The summed E-state index contributed by atoms with van der Waals surface area (Å²) in [6.45, 7) is 0. The molecule has 9 heavy (non-hydrogen) atoms. The minimum Gasteiger partial charge on any atom is -1.00 e. The SMILES string of the molecule is Nc1cccc(O)c1.[Ca+2].[H-].[H-]. The van der Waals surface area contributed by atoms with Crippen LogP contribution in [0.1, 0.15) is 2.85 Å². The van der Waals surface area contributed by atoms with E-state index in [0.717, 1.165) is 0 Å². The van der Waals surface area contributed by atoms with E-state index in [-0.39, 0.29) is 46.3 Å². The quantitative estimate of drug-likeness (QED) is 0.426. The van der Waals surface area contributed by atoms with E-state index in [0.29, 0.717) is 5.69 Å². The molecule has 0 saturated heterocycles. The molecule has 0 fully saturated rings. The molecule has 0 radical (unpaired) electrons. The average molecular weight is 151 g/mol. The zero-order valence-corrected chi connectivity index (χ0v) is 7.25. The van der Waals surface area contributed by atoms with Crippen molar-refractivity contribution in [2.24, 2.45) is 0 Å². The first-order valence-electron chi connectivity index (χ1n) is 2.33. The largest absolute Gasteiger partial charge is 2.00 e. The van der Waals surface area contributed by atoms with Crippen molar-refractivity contribution in [1.82, 2.24) is 0 Å². The van der Waals surface area contributed by atoms with Crippen LogP contribution in [0.3, 0.4) is 0 Å². The maximum atomic E-state index is 8.73. The second-order valence-corrected chi connectivity index (χ2v) is 1.59. The van der Waals surface area contributed by atoms with Crippen LogP contribution in [0.2, 0.25) is 0 Å². The zero-order chi connectivity index (χ0) is 5.98. The van der Waals surface area contributed by atoms with Crippen LogP contribution in [-0.2, 0) is 0 Å². The minimum absolute atomic E-state index is 0. The van der Waals surface area contributed by atoms with Crippen LogP contribution in [0.25, 0.3) is 0 Å². The predicted octanol–water partition coefficient (Wildman–Crippen LogP) is 0.819. The number of rotatable bonds is 0. The van der Waals surface area contributed by atoms with Gasteiger partial charge in [-0.2, -0.15) is 0 Å². The van der Waals surface area contributed by atoms with Crippen LogP contribution < -0.4 is 5.73 Å². The van der Waals surface area contributed by atoms with Crippen molar-refractivity contribution in [3.05, 3.63) is 24.3 Å². The Morgan fingerprint density at radius 2 is 2.11 bits per heavy atom. The molecule has 0 spiro atoms. The van der Waals surface area contributed by atoms with Crippen LogP contribution in [0.5, 0.6) is 5.75 Å². The molecule has 0 atom stereocenters. The number of nitrogens with two attached hydrogens (primary N) is 1. The fraction of sp³-hybridized carbons (Fsp3) is 0. The first-order chi connectivity index (χ1) is 3.79. The van der Waals surface area contributed by atoms with Gasteiger partial charge in [0.05, 0.1) is 0 Å². The molecule has 0 amide bonds. The van der Waals surface area contributed by atoms with Gasteiger partial charge in [0.2, 0.25) is 0 Å². The number of nitrogen functional groups attached to an aromatic ring is 1. The van der Waals surface area contributed by atoms with Crippen molar-refractivity contribution in [1.29, 1.82) is 0 Å². The smallest absolute Gasteiger partial charge is 1.00 e. The van der Waals surface area contributed by atoms with Crippen LogP contribution in [0.4, 0.5) is 5.69 Å². The fourth-order valence-electron chi connectivity index (χ4n) is 0.525. The maximum absolute atomic E-state index is 8.73. The Balaban J connectivity index is -0.000000213. The standard InChI is InChI=1S/C6H7NO.Ca.2H/c7-5-2-1-3-6(8)4-5;;;/h1-4,8H,7H2;;;/q;+2;2*-1. The third-order valence-corrected chi connectivity index (χ3v) is 0.870. The molecule has 3 heteroatoms. The molecule has 1 aromatic rings. The van der Waals surface area contributed by atoms with Gasteiger partial charge in [0, 0.05) is 11.8 Å². The summed E-state index contributed by atoms with van der Waals surface area (Å²) < 4.78 is 0. The third kappa shape index (κ3) is 2.94. The Labute approximate surface area is 86.7 Å². The predicted molar refractivity (Wildman–Crippen MR) is 40.5 cm³/mol. The van der Waals surface area contributed by atoms with Crippen LogP contribution in [0, 0.1) is 0 Å². The summed E-state index contributed by atoms with van der Waals surface area (Å²) in [4.78, 5) is 0. The van der Waals surface area contributed by atoms with Gasteiger partial charge >= 0.3 is 37.7 Å². The molecule has 0 saturated carbocycles. The Bertz CT molecular complexity index is 180. The van der Waals surface area contributed by atoms with E-state index >= 15 is 0 Å². The summed E-state index contributed by atoms with van der Waals surface area (Å²) >= 11 is 0. The van der Waals surface area contributed by atoms with Gasteiger partial charge < -0.3 is 13.7 Å². The summed E-state index contributed by atoms with van der Waals surface area (Å²) in [5, 5.41) is 8.73. The second kappa shape index (κ2) is 3.99. The number of anilines is 1. The summed E-state index contributed by atoms with van der Waals surface area (Å²) in [5.74, 6) is 0.213. The van der Waals surface area contributed by atoms with Crippen molar-refractivity contribution in [2.45, 2.75) is 0 Å². The molecule has 0 aromatic heterocycles. The van der Waals surface area contributed by atoms with Crippen molar-refractivity contribution in [3.63, 3.8) is 0 Å². The first-order valence-corrected chi connectivity index (χ1v) is 2.33. The molecule has 0 aliphatic heterocycles. The molecular formula is C6H9CaNO. The number of benzene rings is 1. The van der Waals surface area contributed by atoms with Crippen LogP contribution in [0.15, 0.2) is 24.3 Å². The number of aromatic hydroxyl groups is 1. The number of phenols is 1. The number of hydrogen-bond donors (Lipinski definition) is 2. The van der Waals surface area contributed by atoms with E-state index in [2.05, 4.69) is 0 Å². The number of phenolic OH excluding ortho intramolecular Hbond substituents is 1. The van der Waals surface area contributed by atoms with Gasteiger partial charge in [-0.05, 0) is 12.1 Å². The Morgan fingerprint density at radius 3 is 2.44 bits per heavy atom. The van der Waals surface area contributed by atoms with E-state index < -0.39 is 0 Å². The first kappa shape index (κ1) is 9.08. The number of hydrogen-bond acceptors (Lipinski definition) is 2. The molecule has 1 aromatic carbocycles. The molecule has 0 aliphatic rings. The molecule has 0 aliphatic carbocycles. The topological polar surface area (TPSA) is 46.2 Å². The van der Waals surface area contributed by atoms with Gasteiger partial charge in [-0.3, -0.25) is 0 Å². The summed E-state index contributed by atoms with van der Waals surface area (Å²) in [5.41, 5.74) is 5.89. The monoisotopic (exact) mass is 151 g/mol. The molecule has 0 unspecified atom stereocenters. The minimum atomic E-state index is 0. The molecular weight excluding hydrogens is 142 g/mol. The molecule has 1 rings (SSSR count). The fourth-order valence-corrected chi connectivity index (χ4v) is 0.525. The van der Waals surface area contributed by atoms with Crippen molar-refractivity contribution >= 4 is 43.4 Å². The second-order valence-electron chi connectivity index (χ2n) is 1.59. The summed E-state index contributed by atoms with van der Waals surface area (Å²) in [6.07, 6.45) is 0. The Morgan fingerprint density at radius 1 is 1.44 bits per heavy atom. The molecule has 0 heterocycles. The van der Waals surface area contributed by atoms with Crippen LogP contribution in [-0.4, -0.2) is 42.8 Å². The van der Waals surface area contributed by atoms with Crippen molar-refractivity contribution < 1.29 is 7.96 Å². The van der Waals surface area contributed by atoms with Gasteiger partial charge in [-0.1, -0.05) is 6.07 Å². The van der Waals surface area contributed by atoms with E-state index in [1.807, 2.05) is 0 Å². The molecule has 0 bridgehead atoms.